The van der Waals surface area contributed by atoms with Crippen LogP contribution in [0.4, 0.5) is 0 Å². The second kappa shape index (κ2) is 30.0. The molecule has 0 aromatic rings. The highest BCUT2D eigenvalue weighted by atomic mass is 16.6. The molecule has 0 aliphatic rings. The van der Waals surface area contributed by atoms with E-state index in [4.69, 9.17) is 47.8 Å². The zero-order valence-corrected chi connectivity index (χ0v) is 21.1. The molecule has 34 heavy (non-hydrogen) atoms. The normalized spacial score (nSPS) is 11.1. The standard InChI is InChI=1S/C23H45NO10/c1-23(2)3-5-26-7-9-28-11-13-30-15-17-32-19-21-34-22-20-33-18-16-31-14-12-29-10-8-27-6-4-24-25/h23H,3,5-22H2,1-2H3/p+1. The van der Waals surface area contributed by atoms with Crippen molar-refractivity contribution in [1.82, 2.24) is 0 Å². The van der Waals surface area contributed by atoms with Gasteiger partial charge in [0.15, 0.2) is 6.61 Å². The maximum atomic E-state index is 8.13. The van der Waals surface area contributed by atoms with Gasteiger partial charge in [-0.15, -0.1) is 0 Å². The van der Waals surface area contributed by atoms with E-state index in [1.54, 1.807) is 0 Å². The SMILES string of the molecule is CC(C)CCOCCOCCOCCOCCOCCOCCOCCOCCOCC#[N+]O. The summed E-state index contributed by atoms with van der Waals surface area (Å²) in [5.41, 5.74) is 0. The topological polar surface area (TPSA) is 108 Å². The van der Waals surface area contributed by atoms with Crippen molar-refractivity contribution in [2.75, 3.05) is 119 Å². The zero-order valence-electron chi connectivity index (χ0n) is 21.1. The molecule has 1 N–H and O–H groups in total. The van der Waals surface area contributed by atoms with Crippen LogP contribution in [-0.2, 0) is 42.6 Å². The Balaban J connectivity index is 3.02. The van der Waals surface area contributed by atoms with E-state index < -0.39 is 0 Å². The van der Waals surface area contributed by atoms with Crippen LogP contribution in [0.3, 0.4) is 0 Å². The molecule has 0 fully saturated rings. The maximum absolute atomic E-state index is 8.13. The van der Waals surface area contributed by atoms with Gasteiger partial charge in [-0.2, -0.15) is 5.21 Å². The Kier molecular flexibility index (Phi) is 29.0. The first-order valence-electron chi connectivity index (χ1n) is 12.0. The fourth-order valence-electron chi connectivity index (χ4n) is 2.23. The van der Waals surface area contributed by atoms with Crippen molar-refractivity contribution in [3.63, 3.8) is 0 Å². The molecular weight excluding hydrogens is 450 g/mol. The van der Waals surface area contributed by atoms with Crippen molar-refractivity contribution in [1.29, 1.82) is 0 Å². The summed E-state index contributed by atoms with van der Waals surface area (Å²) in [5.74, 6) is 0.670. The molecule has 0 aliphatic carbocycles. The predicted octanol–water partition coefficient (Wildman–Crippen LogP) is 1.90. The van der Waals surface area contributed by atoms with Gasteiger partial charge in [0, 0.05) is 6.61 Å². The molecule has 202 valence electrons. The third kappa shape index (κ3) is 30.9. The predicted molar refractivity (Wildman–Crippen MR) is 126 cm³/mol. The summed E-state index contributed by atoms with van der Waals surface area (Å²) in [6.45, 7) is 13.6. The van der Waals surface area contributed by atoms with Crippen LogP contribution in [0, 0.1) is 12.0 Å². The van der Waals surface area contributed by atoms with E-state index >= 15 is 0 Å². The fraction of sp³-hybridized carbons (Fsp3) is 0.957. The van der Waals surface area contributed by atoms with Gasteiger partial charge in [-0.3, -0.25) is 0 Å². The number of hydrogen-bond acceptors (Lipinski definition) is 10. The van der Waals surface area contributed by atoms with E-state index in [9.17, 15) is 0 Å². The van der Waals surface area contributed by atoms with E-state index in [2.05, 4.69) is 24.9 Å². The Labute approximate surface area is 204 Å². The molecule has 0 aromatic heterocycles. The second-order valence-corrected chi connectivity index (χ2v) is 7.39. The highest BCUT2D eigenvalue weighted by Crippen LogP contribution is 1.98. The molecule has 0 aromatic carbocycles. The molecule has 0 bridgehead atoms. The highest BCUT2D eigenvalue weighted by Gasteiger charge is 1.96. The van der Waals surface area contributed by atoms with Crippen LogP contribution in [-0.4, -0.2) is 124 Å². The monoisotopic (exact) mass is 496 g/mol. The maximum Gasteiger partial charge on any atom is 0.378 e. The van der Waals surface area contributed by atoms with Crippen LogP contribution in [0.1, 0.15) is 20.3 Å². The van der Waals surface area contributed by atoms with E-state index in [-0.39, 0.29) is 6.61 Å². The van der Waals surface area contributed by atoms with Gasteiger partial charge in [-0.1, -0.05) is 13.8 Å². The van der Waals surface area contributed by atoms with Crippen molar-refractivity contribution in [3.05, 3.63) is 5.01 Å². The molecule has 11 nitrogen and oxygen atoms in total. The molecule has 0 radical (unpaired) electrons. The molecule has 0 saturated carbocycles. The van der Waals surface area contributed by atoms with E-state index in [0.717, 1.165) is 13.0 Å². The van der Waals surface area contributed by atoms with Crippen molar-refractivity contribution < 1.29 is 47.8 Å². The molecule has 0 heterocycles. The number of hydrogen-bond donors (Lipinski definition) is 1. The minimum atomic E-state index is 0.145. The minimum absolute atomic E-state index is 0.145. The summed E-state index contributed by atoms with van der Waals surface area (Å²) < 4.78 is 48.4. The largest absolute Gasteiger partial charge is 0.379 e. The Morgan fingerprint density at radius 3 is 1.00 bits per heavy atom. The lowest BCUT2D eigenvalue weighted by atomic mass is 10.1. The highest BCUT2D eigenvalue weighted by molar-refractivity contribution is 4.77. The average Bonchev–Trinajstić information content (AvgIpc) is 2.83. The third-order valence-corrected chi connectivity index (χ3v) is 4.05. The fourth-order valence-corrected chi connectivity index (χ4v) is 2.23. The molecule has 0 spiro atoms. The van der Waals surface area contributed by atoms with Gasteiger partial charge in [0.1, 0.15) is 0 Å². The summed E-state index contributed by atoms with van der Waals surface area (Å²) >= 11 is 0. The number of rotatable bonds is 28. The summed E-state index contributed by atoms with van der Waals surface area (Å²) in [7, 11) is 0. The summed E-state index contributed by atoms with van der Waals surface area (Å²) in [6.07, 6.45) is 1.08. The number of nitrogens with zero attached hydrogens (tertiary/aromatic N) is 1. The van der Waals surface area contributed by atoms with Gasteiger partial charge in [-0.25, -0.2) is 0 Å². The minimum Gasteiger partial charge on any atom is -0.379 e. The Bertz CT molecular complexity index is 445. The number of ether oxygens (including phenoxy) is 9. The van der Waals surface area contributed by atoms with Crippen molar-refractivity contribution in [2.24, 2.45) is 5.92 Å². The first-order valence-corrected chi connectivity index (χ1v) is 12.0. The molecule has 11 heteroatoms. The van der Waals surface area contributed by atoms with Crippen LogP contribution in [0.25, 0.3) is 5.01 Å². The van der Waals surface area contributed by atoms with Gasteiger partial charge in [0.05, 0.1) is 106 Å². The van der Waals surface area contributed by atoms with Gasteiger partial charge in [-0.05, 0) is 12.3 Å². The molecular formula is C23H46NO10+. The van der Waals surface area contributed by atoms with Crippen molar-refractivity contribution in [2.45, 2.75) is 20.3 Å². The van der Waals surface area contributed by atoms with Crippen LogP contribution < -0.4 is 0 Å². The summed E-state index contributed by atoms with van der Waals surface area (Å²) in [4.78, 5) is 0. The summed E-state index contributed by atoms with van der Waals surface area (Å²) in [6, 6.07) is 2.26. The van der Waals surface area contributed by atoms with Gasteiger partial charge >= 0.3 is 6.07 Å². The van der Waals surface area contributed by atoms with Crippen molar-refractivity contribution >= 4 is 0 Å². The quantitative estimate of drug-likeness (QED) is 0.127. The van der Waals surface area contributed by atoms with Crippen molar-refractivity contribution in [3.8, 4) is 6.07 Å². The second-order valence-electron chi connectivity index (χ2n) is 7.39. The Hall–Kier alpha value is -1.07. The van der Waals surface area contributed by atoms with Gasteiger partial charge < -0.3 is 42.6 Å². The van der Waals surface area contributed by atoms with E-state index in [1.807, 2.05) is 0 Å². The van der Waals surface area contributed by atoms with E-state index in [0.29, 0.717) is 112 Å². The zero-order chi connectivity index (χ0) is 24.8. The Morgan fingerprint density at radius 2 is 0.735 bits per heavy atom. The molecule has 0 saturated heterocycles. The van der Waals surface area contributed by atoms with Gasteiger partial charge in [0.25, 0.3) is 0 Å². The Morgan fingerprint density at radius 1 is 0.471 bits per heavy atom. The first kappa shape index (κ1) is 32.9. The van der Waals surface area contributed by atoms with Crippen LogP contribution >= 0.6 is 0 Å². The third-order valence-electron chi connectivity index (χ3n) is 4.05. The molecule has 0 atom stereocenters. The van der Waals surface area contributed by atoms with Crippen LogP contribution in [0.15, 0.2) is 0 Å². The van der Waals surface area contributed by atoms with Crippen LogP contribution in [0.2, 0.25) is 0 Å². The average molecular weight is 497 g/mol. The van der Waals surface area contributed by atoms with Gasteiger partial charge in [0.2, 0.25) is 5.01 Å². The summed E-state index contributed by atoms with van der Waals surface area (Å²) in [5, 5.41) is 10.8. The molecule has 0 aliphatic heterocycles. The molecule has 0 amide bonds. The van der Waals surface area contributed by atoms with Crippen LogP contribution in [0.5, 0.6) is 0 Å². The lowest BCUT2D eigenvalue weighted by molar-refractivity contribution is -0.0247. The lowest BCUT2D eigenvalue weighted by Gasteiger charge is -2.09. The smallest absolute Gasteiger partial charge is 0.378 e. The van der Waals surface area contributed by atoms with E-state index in [1.165, 1.54) is 0 Å². The molecule has 0 rings (SSSR count). The molecule has 0 unspecified atom stereocenters. The lowest BCUT2D eigenvalue weighted by Crippen LogP contribution is -2.15. The first-order chi connectivity index (χ1) is 16.8.